The predicted octanol–water partition coefficient (Wildman–Crippen LogP) is -2.85. The van der Waals surface area contributed by atoms with Crippen molar-refractivity contribution in [3.8, 4) is 0 Å². The molecule has 0 aromatic heterocycles. The van der Waals surface area contributed by atoms with Crippen LogP contribution in [0.4, 0.5) is 0 Å². The van der Waals surface area contributed by atoms with Gasteiger partial charge in [-0.25, -0.2) is 4.79 Å². The number of unbranched alkanes of at least 4 members (excludes halogenated alkanes) is 1. The van der Waals surface area contributed by atoms with Crippen LogP contribution in [0.15, 0.2) is 35.3 Å². The van der Waals surface area contributed by atoms with E-state index in [9.17, 15) is 29.1 Å². The van der Waals surface area contributed by atoms with E-state index >= 15 is 0 Å². The van der Waals surface area contributed by atoms with E-state index in [0.717, 1.165) is 5.56 Å². The highest BCUT2D eigenvalue weighted by Gasteiger charge is 2.31. The van der Waals surface area contributed by atoms with Crippen LogP contribution in [0.25, 0.3) is 0 Å². The van der Waals surface area contributed by atoms with Gasteiger partial charge in [-0.15, -0.1) is 0 Å². The van der Waals surface area contributed by atoms with Gasteiger partial charge < -0.3 is 49.7 Å². The number of hydrogen-bond donors (Lipinski definition) is 9. The third-order valence-electron chi connectivity index (χ3n) is 5.81. The summed E-state index contributed by atoms with van der Waals surface area (Å²) in [4.78, 5) is 66.0. The molecule has 15 heteroatoms. The summed E-state index contributed by atoms with van der Waals surface area (Å²) >= 11 is 0. The number of nitrogens with zero attached hydrogens (tertiary/aromatic N) is 1. The third kappa shape index (κ3) is 13.5. The number of benzene rings is 1. The van der Waals surface area contributed by atoms with Gasteiger partial charge in [0.1, 0.15) is 18.1 Å². The van der Waals surface area contributed by atoms with E-state index in [2.05, 4.69) is 20.9 Å². The quantitative estimate of drug-likeness (QED) is 0.0471. The molecule has 0 saturated heterocycles. The second-order valence-corrected chi connectivity index (χ2v) is 9.22. The van der Waals surface area contributed by atoms with Crippen LogP contribution in [0, 0.1) is 0 Å². The van der Waals surface area contributed by atoms with Gasteiger partial charge in [-0.1, -0.05) is 30.3 Å². The number of amides is 4. The van der Waals surface area contributed by atoms with Crippen LogP contribution in [-0.2, 0) is 30.4 Å². The number of primary amides is 1. The fourth-order valence-electron chi connectivity index (χ4n) is 3.72. The number of carbonyl (C=O) groups excluding carboxylic acids is 4. The Hall–Kier alpha value is -4.24. The summed E-state index contributed by atoms with van der Waals surface area (Å²) in [6.45, 7) is 0.512. The average Bonchev–Trinajstić information content (AvgIpc) is 2.89. The Labute approximate surface area is 232 Å². The third-order valence-corrected chi connectivity index (χ3v) is 5.81. The van der Waals surface area contributed by atoms with Crippen LogP contribution in [-0.4, -0.2) is 77.9 Å². The summed E-state index contributed by atoms with van der Waals surface area (Å²) in [6.07, 6.45) is 1.03. The first-order chi connectivity index (χ1) is 18.9. The van der Waals surface area contributed by atoms with Gasteiger partial charge in [-0.3, -0.25) is 24.2 Å². The van der Waals surface area contributed by atoms with Gasteiger partial charge in [0, 0.05) is 6.54 Å². The van der Waals surface area contributed by atoms with Gasteiger partial charge in [0.2, 0.25) is 23.6 Å². The van der Waals surface area contributed by atoms with Crippen molar-refractivity contribution >= 4 is 35.6 Å². The SMILES string of the molecule is NCCCCC(NC(=O)C(CC(N)=O)NC(=O)C(CCCN=C(N)N)NC(=O)C(N)Cc1ccccc1)C(=O)O. The molecule has 0 saturated carbocycles. The first kappa shape index (κ1) is 33.8. The van der Waals surface area contributed by atoms with Crippen molar-refractivity contribution < 1.29 is 29.1 Å². The minimum absolute atomic E-state index is 0.0637. The molecule has 4 unspecified atom stereocenters. The van der Waals surface area contributed by atoms with E-state index in [-0.39, 0.29) is 38.2 Å². The highest BCUT2D eigenvalue weighted by molar-refractivity contribution is 5.96. The van der Waals surface area contributed by atoms with Crippen molar-refractivity contribution in [2.75, 3.05) is 13.1 Å². The van der Waals surface area contributed by atoms with Gasteiger partial charge in [0.05, 0.1) is 12.5 Å². The van der Waals surface area contributed by atoms with Crippen molar-refractivity contribution in [2.24, 2.45) is 33.7 Å². The van der Waals surface area contributed by atoms with Gasteiger partial charge in [-0.2, -0.15) is 0 Å². The molecule has 15 nitrogen and oxygen atoms in total. The number of rotatable bonds is 19. The van der Waals surface area contributed by atoms with Crippen LogP contribution in [0.1, 0.15) is 44.1 Å². The molecule has 0 radical (unpaired) electrons. The van der Waals surface area contributed by atoms with Gasteiger partial charge in [0.25, 0.3) is 0 Å². The molecule has 4 amide bonds. The van der Waals surface area contributed by atoms with Crippen LogP contribution in [0.3, 0.4) is 0 Å². The lowest BCUT2D eigenvalue weighted by Gasteiger charge is -2.25. The van der Waals surface area contributed by atoms with Gasteiger partial charge in [0.15, 0.2) is 5.96 Å². The first-order valence-electron chi connectivity index (χ1n) is 12.9. The molecule has 1 aromatic rings. The van der Waals surface area contributed by atoms with Crippen LogP contribution >= 0.6 is 0 Å². The van der Waals surface area contributed by atoms with E-state index in [1.807, 2.05) is 6.07 Å². The number of aliphatic imine (C=N–C) groups is 1. The summed E-state index contributed by atoms with van der Waals surface area (Å²) in [6, 6.07) is 4.13. The van der Waals surface area contributed by atoms with E-state index in [1.165, 1.54) is 0 Å². The molecule has 0 spiro atoms. The van der Waals surface area contributed by atoms with Crippen LogP contribution in [0.2, 0.25) is 0 Å². The van der Waals surface area contributed by atoms with Crippen molar-refractivity contribution in [1.82, 2.24) is 16.0 Å². The fraction of sp³-hybridized carbons (Fsp3) is 0.520. The Kier molecular flexibility index (Phi) is 15.3. The van der Waals surface area contributed by atoms with E-state index in [1.54, 1.807) is 24.3 Å². The topological polar surface area (TPSA) is 284 Å². The minimum Gasteiger partial charge on any atom is -0.480 e. The van der Waals surface area contributed by atoms with E-state index in [4.69, 9.17) is 28.7 Å². The Balaban J connectivity index is 3.01. The van der Waals surface area contributed by atoms with Gasteiger partial charge >= 0.3 is 5.97 Å². The molecule has 1 rings (SSSR count). The van der Waals surface area contributed by atoms with Crippen molar-refractivity contribution in [3.05, 3.63) is 35.9 Å². The maximum absolute atomic E-state index is 13.2. The smallest absolute Gasteiger partial charge is 0.326 e. The first-order valence-corrected chi connectivity index (χ1v) is 12.9. The average molecular weight is 564 g/mol. The summed E-state index contributed by atoms with van der Waals surface area (Å²) < 4.78 is 0. The van der Waals surface area contributed by atoms with Gasteiger partial charge in [-0.05, 0) is 50.6 Å². The number of carbonyl (C=O) groups is 5. The molecule has 14 N–H and O–H groups in total. The molecular formula is C25H41N9O6. The summed E-state index contributed by atoms with van der Waals surface area (Å²) in [5, 5.41) is 16.8. The Bertz CT molecular complexity index is 1020. The molecule has 222 valence electrons. The zero-order chi connectivity index (χ0) is 30.1. The Morgan fingerprint density at radius 3 is 1.95 bits per heavy atom. The zero-order valence-electron chi connectivity index (χ0n) is 22.4. The molecule has 0 heterocycles. The normalized spacial score (nSPS) is 13.7. The summed E-state index contributed by atoms with van der Waals surface area (Å²) in [7, 11) is 0. The lowest BCUT2D eigenvalue weighted by Crippen LogP contribution is -2.57. The second-order valence-electron chi connectivity index (χ2n) is 9.22. The molecule has 4 atom stereocenters. The van der Waals surface area contributed by atoms with Crippen LogP contribution < -0.4 is 44.6 Å². The number of guanidine groups is 1. The number of hydrogen-bond acceptors (Lipinski definition) is 8. The highest BCUT2D eigenvalue weighted by Crippen LogP contribution is 2.06. The van der Waals surface area contributed by atoms with Crippen molar-refractivity contribution in [2.45, 2.75) is 69.1 Å². The van der Waals surface area contributed by atoms with E-state index in [0.29, 0.717) is 19.4 Å². The standard InChI is InChI=1S/C25H41N9O6/c26-11-5-4-9-18(24(39)40)33-23(38)19(14-20(28)35)34-22(37)17(10-6-12-31-25(29)30)32-21(36)16(27)13-15-7-2-1-3-8-15/h1-3,7-8,16-19H,4-6,9-14,26-27H2,(H2,28,35)(H,32,36)(H,33,38)(H,34,37)(H,39,40)(H4,29,30,31). The molecule has 0 aliphatic rings. The lowest BCUT2D eigenvalue weighted by molar-refractivity contribution is -0.142. The van der Waals surface area contributed by atoms with E-state index < -0.39 is 60.2 Å². The molecule has 0 fully saturated rings. The Morgan fingerprint density at radius 2 is 1.38 bits per heavy atom. The summed E-state index contributed by atoms with van der Waals surface area (Å²) in [5.41, 5.74) is 28.2. The highest BCUT2D eigenvalue weighted by atomic mass is 16.4. The number of carboxylic acids is 1. The van der Waals surface area contributed by atoms with Crippen molar-refractivity contribution in [1.29, 1.82) is 0 Å². The fourth-order valence-corrected chi connectivity index (χ4v) is 3.72. The molecule has 0 aliphatic carbocycles. The lowest BCUT2D eigenvalue weighted by atomic mass is 10.0. The molecule has 1 aromatic carbocycles. The summed E-state index contributed by atoms with van der Waals surface area (Å²) in [5.74, 6) is -4.68. The number of nitrogens with two attached hydrogens (primary N) is 5. The second kappa shape index (κ2) is 18.1. The largest absolute Gasteiger partial charge is 0.480 e. The molecular weight excluding hydrogens is 522 g/mol. The molecule has 0 bridgehead atoms. The maximum Gasteiger partial charge on any atom is 0.326 e. The molecule has 0 aliphatic heterocycles. The predicted molar refractivity (Wildman–Crippen MR) is 148 cm³/mol. The number of aliphatic carboxylic acids is 1. The maximum atomic E-state index is 13.2. The minimum atomic E-state index is -1.49. The number of nitrogens with one attached hydrogen (secondary N) is 3. The zero-order valence-corrected chi connectivity index (χ0v) is 22.4. The van der Waals surface area contributed by atoms with Crippen LogP contribution in [0.5, 0.6) is 0 Å². The number of carboxylic acid groups (broad SMARTS) is 1. The van der Waals surface area contributed by atoms with Crippen molar-refractivity contribution in [3.63, 3.8) is 0 Å². The molecule has 40 heavy (non-hydrogen) atoms. The Morgan fingerprint density at radius 1 is 0.800 bits per heavy atom. The monoisotopic (exact) mass is 563 g/mol.